The standard InChI is InChI=1S/C11H15F2N3O3S/c1-2-20(17,18)16-6-11(12,13)5-8(16)10-14-9(15-19-10)7-3-4-7/h7-8H,2-6H2,1H3/t8-/m0/s1. The largest absolute Gasteiger partial charge is 0.338 e. The van der Waals surface area contributed by atoms with Crippen molar-refractivity contribution in [1.29, 1.82) is 0 Å². The van der Waals surface area contributed by atoms with Crippen LogP contribution in [0.1, 0.15) is 49.9 Å². The van der Waals surface area contributed by atoms with E-state index in [4.69, 9.17) is 4.52 Å². The molecule has 9 heteroatoms. The molecule has 20 heavy (non-hydrogen) atoms. The van der Waals surface area contributed by atoms with E-state index in [1.54, 1.807) is 0 Å². The Balaban J connectivity index is 1.91. The molecule has 1 aromatic rings. The molecule has 1 aromatic heterocycles. The number of nitrogens with zero attached hydrogens (tertiary/aromatic N) is 3. The van der Waals surface area contributed by atoms with Crippen molar-refractivity contribution in [1.82, 2.24) is 14.4 Å². The van der Waals surface area contributed by atoms with Gasteiger partial charge in [0.05, 0.1) is 12.3 Å². The Morgan fingerprint density at radius 3 is 2.75 bits per heavy atom. The van der Waals surface area contributed by atoms with E-state index in [1.165, 1.54) is 6.92 Å². The Morgan fingerprint density at radius 2 is 2.15 bits per heavy atom. The highest BCUT2D eigenvalue weighted by Gasteiger charge is 2.52. The summed E-state index contributed by atoms with van der Waals surface area (Å²) in [6.45, 7) is 0.598. The van der Waals surface area contributed by atoms with E-state index in [2.05, 4.69) is 10.1 Å². The quantitative estimate of drug-likeness (QED) is 0.846. The van der Waals surface area contributed by atoms with Crippen LogP contribution in [0.25, 0.3) is 0 Å². The topological polar surface area (TPSA) is 76.3 Å². The van der Waals surface area contributed by atoms with Gasteiger partial charge < -0.3 is 4.52 Å². The fraction of sp³-hybridized carbons (Fsp3) is 0.818. The lowest BCUT2D eigenvalue weighted by atomic mass is 10.2. The molecule has 1 saturated carbocycles. The minimum atomic E-state index is -3.74. The van der Waals surface area contributed by atoms with Crippen molar-refractivity contribution in [2.75, 3.05) is 12.3 Å². The van der Waals surface area contributed by atoms with Crippen molar-refractivity contribution in [3.63, 3.8) is 0 Å². The molecule has 0 N–H and O–H groups in total. The monoisotopic (exact) mass is 307 g/mol. The Kier molecular flexibility index (Phi) is 3.09. The van der Waals surface area contributed by atoms with Crippen LogP contribution in [0.4, 0.5) is 8.78 Å². The zero-order chi connectivity index (χ0) is 14.5. The molecule has 1 saturated heterocycles. The first-order chi connectivity index (χ1) is 9.32. The summed E-state index contributed by atoms with van der Waals surface area (Å²) in [6, 6.07) is -1.06. The molecule has 0 bridgehead atoms. The van der Waals surface area contributed by atoms with Gasteiger partial charge in [-0.05, 0) is 19.8 Å². The normalized spacial score (nSPS) is 27.1. The van der Waals surface area contributed by atoms with Crippen LogP contribution in [0.15, 0.2) is 4.52 Å². The van der Waals surface area contributed by atoms with Crippen LogP contribution in [0.2, 0.25) is 0 Å². The summed E-state index contributed by atoms with van der Waals surface area (Å²) in [4.78, 5) is 4.10. The fourth-order valence-corrected chi connectivity index (χ4v) is 3.62. The minimum absolute atomic E-state index is 0.0268. The Bertz CT molecular complexity index is 612. The SMILES string of the molecule is CCS(=O)(=O)N1CC(F)(F)C[C@H]1c1nc(C2CC2)no1. The molecule has 3 rings (SSSR count). The maximum Gasteiger partial charge on any atom is 0.263 e. The van der Waals surface area contributed by atoms with Crippen LogP contribution < -0.4 is 0 Å². The predicted octanol–water partition coefficient (Wildman–Crippen LogP) is 1.68. The predicted molar refractivity (Wildman–Crippen MR) is 64.7 cm³/mol. The number of rotatable bonds is 4. The van der Waals surface area contributed by atoms with Gasteiger partial charge in [-0.2, -0.15) is 9.29 Å². The number of hydrogen-bond acceptors (Lipinski definition) is 5. The molecule has 1 aliphatic carbocycles. The van der Waals surface area contributed by atoms with Gasteiger partial charge in [0.2, 0.25) is 15.9 Å². The number of sulfonamides is 1. The Hall–Kier alpha value is -1.09. The number of alkyl halides is 2. The summed E-state index contributed by atoms with van der Waals surface area (Å²) >= 11 is 0. The average molecular weight is 307 g/mol. The van der Waals surface area contributed by atoms with Gasteiger partial charge in [-0.1, -0.05) is 5.16 Å². The summed E-state index contributed by atoms with van der Waals surface area (Å²) in [5.41, 5.74) is 0. The second kappa shape index (κ2) is 4.45. The second-order valence-electron chi connectivity index (χ2n) is 5.29. The van der Waals surface area contributed by atoms with Crippen LogP contribution in [0.3, 0.4) is 0 Å². The van der Waals surface area contributed by atoms with E-state index < -0.39 is 35.0 Å². The third-order valence-electron chi connectivity index (χ3n) is 3.63. The van der Waals surface area contributed by atoms with Crippen LogP contribution in [-0.4, -0.2) is 41.1 Å². The third kappa shape index (κ3) is 2.44. The number of halogens is 2. The van der Waals surface area contributed by atoms with E-state index in [1.807, 2.05) is 0 Å². The average Bonchev–Trinajstić information content (AvgIpc) is 3.01. The Morgan fingerprint density at radius 1 is 1.45 bits per heavy atom. The summed E-state index contributed by atoms with van der Waals surface area (Å²) in [6.07, 6.45) is 1.30. The van der Waals surface area contributed by atoms with Gasteiger partial charge in [0, 0.05) is 12.3 Å². The molecule has 0 radical (unpaired) electrons. The van der Waals surface area contributed by atoms with Crippen molar-refractivity contribution in [3.8, 4) is 0 Å². The summed E-state index contributed by atoms with van der Waals surface area (Å²) in [7, 11) is -3.74. The highest BCUT2D eigenvalue weighted by atomic mass is 32.2. The van der Waals surface area contributed by atoms with Gasteiger partial charge in [0.25, 0.3) is 5.92 Å². The molecule has 2 heterocycles. The van der Waals surface area contributed by atoms with Gasteiger partial charge in [-0.25, -0.2) is 17.2 Å². The van der Waals surface area contributed by atoms with E-state index >= 15 is 0 Å². The highest BCUT2D eigenvalue weighted by Crippen LogP contribution is 2.44. The van der Waals surface area contributed by atoms with Gasteiger partial charge in [0.15, 0.2) is 5.82 Å². The lowest BCUT2D eigenvalue weighted by Gasteiger charge is -2.19. The minimum Gasteiger partial charge on any atom is -0.338 e. The molecule has 0 aromatic carbocycles. The van der Waals surface area contributed by atoms with E-state index in [0.29, 0.717) is 5.82 Å². The molecule has 6 nitrogen and oxygen atoms in total. The van der Waals surface area contributed by atoms with Gasteiger partial charge in [-0.15, -0.1) is 0 Å². The van der Waals surface area contributed by atoms with Gasteiger partial charge >= 0.3 is 0 Å². The van der Waals surface area contributed by atoms with Crippen molar-refractivity contribution >= 4 is 10.0 Å². The maximum atomic E-state index is 13.6. The fourth-order valence-electron chi connectivity index (χ4n) is 2.35. The zero-order valence-corrected chi connectivity index (χ0v) is 11.7. The van der Waals surface area contributed by atoms with Crippen molar-refractivity contribution in [2.24, 2.45) is 0 Å². The van der Waals surface area contributed by atoms with Gasteiger partial charge in [0.1, 0.15) is 6.04 Å². The number of aromatic nitrogens is 2. The molecular weight excluding hydrogens is 292 g/mol. The second-order valence-corrected chi connectivity index (χ2v) is 7.50. The van der Waals surface area contributed by atoms with Crippen molar-refractivity contribution in [2.45, 2.75) is 44.1 Å². The molecular formula is C11H15F2N3O3S. The van der Waals surface area contributed by atoms with Crippen LogP contribution in [-0.2, 0) is 10.0 Å². The molecule has 2 fully saturated rings. The first-order valence-electron chi connectivity index (χ1n) is 6.53. The lowest BCUT2D eigenvalue weighted by Crippen LogP contribution is -2.34. The summed E-state index contributed by atoms with van der Waals surface area (Å²) in [5, 5.41) is 3.76. The number of hydrogen-bond donors (Lipinski definition) is 0. The van der Waals surface area contributed by atoms with Crippen molar-refractivity contribution in [3.05, 3.63) is 11.7 Å². The summed E-state index contributed by atoms with van der Waals surface area (Å²) < 4.78 is 56.8. The molecule has 2 aliphatic rings. The van der Waals surface area contributed by atoms with Crippen LogP contribution in [0, 0.1) is 0 Å². The molecule has 1 atom stereocenters. The molecule has 0 spiro atoms. The van der Waals surface area contributed by atoms with Crippen molar-refractivity contribution < 1.29 is 21.7 Å². The molecule has 0 amide bonds. The van der Waals surface area contributed by atoms with Crippen LogP contribution >= 0.6 is 0 Å². The van der Waals surface area contributed by atoms with E-state index in [0.717, 1.165) is 17.1 Å². The first kappa shape index (κ1) is 13.9. The first-order valence-corrected chi connectivity index (χ1v) is 8.14. The van der Waals surface area contributed by atoms with E-state index in [-0.39, 0.29) is 17.6 Å². The van der Waals surface area contributed by atoms with Gasteiger partial charge in [-0.3, -0.25) is 0 Å². The Labute approximate surface area is 115 Å². The van der Waals surface area contributed by atoms with Crippen LogP contribution in [0.5, 0.6) is 0 Å². The third-order valence-corrected chi connectivity index (χ3v) is 5.46. The molecule has 112 valence electrons. The molecule has 0 unspecified atom stereocenters. The van der Waals surface area contributed by atoms with E-state index in [9.17, 15) is 17.2 Å². The highest BCUT2D eigenvalue weighted by molar-refractivity contribution is 7.89. The molecule has 1 aliphatic heterocycles. The lowest BCUT2D eigenvalue weighted by molar-refractivity contribution is 0.0166. The summed E-state index contributed by atoms with van der Waals surface area (Å²) in [5.74, 6) is -2.61. The zero-order valence-electron chi connectivity index (χ0n) is 10.9. The smallest absolute Gasteiger partial charge is 0.263 e. The maximum absolute atomic E-state index is 13.6.